The minimum atomic E-state index is -2.65. The molecule has 0 aromatic carbocycles. The van der Waals surface area contributed by atoms with Crippen LogP contribution in [0.1, 0.15) is 13.8 Å². The van der Waals surface area contributed by atoms with Gasteiger partial charge in [-0.1, -0.05) is 0 Å². The van der Waals surface area contributed by atoms with E-state index in [1.54, 1.807) is 0 Å². The van der Waals surface area contributed by atoms with Crippen LogP contribution in [0.5, 0.6) is 0 Å². The number of imidazole rings is 1. The van der Waals surface area contributed by atoms with Crippen molar-refractivity contribution in [3.05, 3.63) is 27.2 Å². The van der Waals surface area contributed by atoms with E-state index in [9.17, 15) is 9.59 Å². The number of aromatic nitrogens is 4. The standard InChI is InChI=1S/C9H12N4O2/c1-4-13-8(14)6-7(10-5-11(6)2)12(3)9(13)15/h5H,4H2,1-3H3/i2D3,4D2. The fourth-order valence-electron chi connectivity index (χ4n) is 1.41. The molecule has 2 aromatic heterocycles. The van der Waals surface area contributed by atoms with Gasteiger partial charge in [0.1, 0.15) is 0 Å². The van der Waals surface area contributed by atoms with Crippen molar-refractivity contribution in [1.29, 1.82) is 0 Å². The Morgan fingerprint density at radius 1 is 1.60 bits per heavy atom. The first-order valence-electron chi connectivity index (χ1n) is 6.66. The van der Waals surface area contributed by atoms with Crippen molar-refractivity contribution in [2.24, 2.45) is 14.0 Å². The van der Waals surface area contributed by atoms with E-state index < -0.39 is 24.7 Å². The highest BCUT2D eigenvalue weighted by Crippen LogP contribution is 2.02. The number of nitrogens with zero attached hydrogens (tertiary/aromatic N) is 4. The summed E-state index contributed by atoms with van der Waals surface area (Å²) in [5.74, 6) is 0. The molecule has 2 rings (SSSR count). The molecule has 0 saturated carbocycles. The summed E-state index contributed by atoms with van der Waals surface area (Å²) in [5.41, 5.74) is -2.36. The van der Waals surface area contributed by atoms with Crippen LogP contribution in [0.3, 0.4) is 0 Å². The Hall–Kier alpha value is -1.85. The van der Waals surface area contributed by atoms with Crippen LogP contribution in [0.2, 0.25) is 0 Å². The molecule has 6 heteroatoms. The fraction of sp³-hybridized carbons (Fsp3) is 0.444. The normalized spacial score (nSPS) is 17.9. The molecule has 0 spiro atoms. The van der Waals surface area contributed by atoms with Gasteiger partial charge in [0, 0.05) is 27.4 Å². The minimum Gasteiger partial charge on any atom is -0.328 e. The lowest BCUT2D eigenvalue weighted by Crippen LogP contribution is -2.39. The average molecular weight is 213 g/mol. The first kappa shape index (κ1) is 5.29. The quantitative estimate of drug-likeness (QED) is 0.638. The van der Waals surface area contributed by atoms with Crippen LogP contribution in [0, 0.1) is 0 Å². The topological polar surface area (TPSA) is 61.8 Å². The maximum Gasteiger partial charge on any atom is 0.332 e. The van der Waals surface area contributed by atoms with Gasteiger partial charge in [-0.05, 0) is 6.92 Å². The molecule has 0 unspecified atom stereocenters. The summed E-state index contributed by atoms with van der Waals surface area (Å²) in [5, 5.41) is 0. The van der Waals surface area contributed by atoms with Crippen molar-refractivity contribution in [3.63, 3.8) is 0 Å². The third-order valence-corrected chi connectivity index (χ3v) is 2.17. The Kier molecular flexibility index (Phi) is 1.09. The Labute approximate surface area is 92.4 Å². The van der Waals surface area contributed by atoms with Crippen LogP contribution < -0.4 is 11.2 Å². The Morgan fingerprint density at radius 3 is 2.93 bits per heavy atom. The molecular formula is C9H12N4O2. The summed E-state index contributed by atoms with van der Waals surface area (Å²) < 4.78 is 39.1. The molecule has 0 amide bonds. The number of rotatable bonds is 1. The number of hydrogen-bond donors (Lipinski definition) is 0. The van der Waals surface area contributed by atoms with E-state index in [0.717, 1.165) is 17.8 Å². The summed E-state index contributed by atoms with van der Waals surface area (Å²) >= 11 is 0. The highest BCUT2D eigenvalue weighted by atomic mass is 16.2. The van der Waals surface area contributed by atoms with Gasteiger partial charge in [0.05, 0.1) is 6.33 Å². The maximum atomic E-state index is 12.3. The zero-order valence-electron chi connectivity index (χ0n) is 13.2. The summed E-state index contributed by atoms with van der Waals surface area (Å²) in [4.78, 5) is 28.0. The summed E-state index contributed by atoms with van der Waals surface area (Å²) in [6.45, 7) is -3.87. The number of hydrogen-bond acceptors (Lipinski definition) is 3. The van der Waals surface area contributed by atoms with Crippen LogP contribution in [0.25, 0.3) is 11.2 Å². The largest absolute Gasteiger partial charge is 0.332 e. The lowest BCUT2D eigenvalue weighted by Gasteiger charge is -2.05. The third-order valence-electron chi connectivity index (χ3n) is 2.17. The average Bonchev–Trinajstić information content (AvgIpc) is 2.68. The van der Waals surface area contributed by atoms with E-state index in [1.807, 2.05) is 0 Å². The van der Waals surface area contributed by atoms with Crippen LogP contribution in [-0.4, -0.2) is 18.7 Å². The molecule has 0 saturated heterocycles. The molecule has 0 aliphatic heterocycles. The zero-order chi connectivity index (χ0) is 15.5. The molecule has 2 aromatic rings. The first-order chi connectivity index (χ1) is 8.96. The molecule has 80 valence electrons. The third kappa shape index (κ3) is 1.14. The first-order valence-corrected chi connectivity index (χ1v) is 4.16. The Morgan fingerprint density at radius 2 is 2.33 bits per heavy atom. The van der Waals surface area contributed by atoms with E-state index in [4.69, 9.17) is 6.85 Å². The monoisotopic (exact) mass is 213 g/mol. The summed E-state index contributed by atoms with van der Waals surface area (Å²) in [6.07, 6.45) is 0.939. The van der Waals surface area contributed by atoms with Crippen molar-refractivity contribution >= 4 is 11.2 Å². The van der Waals surface area contributed by atoms with Gasteiger partial charge in [-0.3, -0.25) is 13.9 Å². The van der Waals surface area contributed by atoms with Crippen molar-refractivity contribution < 1.29 is 6.85 Å². The minimum absolute atomic E-state index is 0.100. The predicted octanol–water partition coefficient (Wildman–Crippen LogP) is -0.546. The molecule has 2 heterocycles. The van der Waals surface area contributed by atoms with E-state index in [2.05, 4.69) is 4.98 Å². The van der Waals surface area contributed by atoms with Crippen molar-refractivity contribution in [2.45, 2.75) is 13.4 Å². The molecule has 0 aliphatic rings. The van der Waals surface area contributed by atoms with Gasteiger partial charge in [-0.15, -0.1) is 0 Å². The molecule has 0 aliphatic carbocycles. The van der Waals surface area contributed by atoms with E-state index in [-0.39, 0.29) is 11.2 Å². The predicted molar refractivity (Wildman–Crippen MR) is 55.9 cm³/mol. The highest BCUT2D eigenvalue weighted by molar-refractivity contribution is 5.69. The molecule has 0 fully saturated rings. The van der Waals surface area contributed by atoms with Gasteiger partial charge in [0.15, 0.2) is 11.2 Å². The van der Waals surface area contributed by atoms with Crippen molar-refractivity contribution in [3.8, 4) is 0 Å². The van der Waals surface area contributed by atoms with Crippen LogP contribution in [-0.2, 0) is 20.5 Å². The summed E-state index contributed by atoms with van der Waals surface area (Å²) in [6, 6.07) is 0. The van der Waals surface area contributed by atoms with Crippen LogP contribution >= 0.6 is 0 Å². The number of fused-ring (bicyclic) bond motifs is 1. The Balaban J connectivity index is 3.08. The van der Waals surface area contributed by atoms with Gasteiger partial charge < -0.3 is 4.57 Å². The molecule has 6 nitrogen and oxygen atoms in total. The maximum absolute atomic E-state index is 12.3. The lowest BCUT2D eigenvalue weighted by molar-refractivity contribution is 0.635. The van der Waals surface area contributed by atoms with Crippen molar-refractivity contribution in [2.75, 3.05) is 0 Å². The van der Waals surface area contributed by atoms with Gasteiger partial charge in [0.2, 0.25) is 0 Å². The Bertz CT molecular complexity index is 792. The van der Waals surface area contributed by atoms with E-state index in [1.165, 1.54) is 7.05 Å². The molecule has 0 atom stereocenters. The second-order valence-electron chi connectivity index (χ2n) is 2.99. The lowest BCUT2D eigenvalue weighted by atomic mass is 10.5. The summed E-state index contributed by atoms with van der Waals surface area (Å²) in [7, 11) is 1.29. The molecular weight excluding hydrogens is 196 g/mol. The molecule has 0 N–H and O–H groups in total. The van der Waals surface area contributed by atoms with Gasteiger partial charge in [0.25, 0.3) is 5.56 Å². The molecule has 0 bridgehead atoms. The van der Waals surface area contributed by atoms with E-state index >= 15 is 0 Å². The van der Waals surface area contributed by atoms with Crippen molar-refractivity contribution in [1.82, 2.24) is 18.7 Å². The van der Waals surface area contributed by atoms with Crippen LogP contribution in [0.4, 0.5) is 0 Å². The molecule has 15 heavy (non-hydrogen) atoms. The smallest absolute Gasteiger partial charge is 0.328 e. The molecule has 0 radical (unpaired) electrons. The van der Waals surface area contributed by atoms with Gasteiger partial charge >= 0.3 is 5.69 Å². The second-order valence-corrected chi connectivity index (χ2v) is 2.99. The van der Waals surface area contributed by atoms with E-state index in [0.29, 0.717) is 9.13 Å². The highest BCUT2D eigenvalue weighted by Gasteiger charge is 2.12. The number of aryl methyl sites for hydroxylation is 2. The van der Waals surface area contributed by atoms with Crippen LogP contribution in [0.15, 0.2) is 15.9 Å². The van der Waals surface area contributed by atoms with Gasteiger partial charge in [-0.2, -0.15) is 0 Å². The van der Waals surface area contributed by atoms with Gasteiger partial charge in [-0.25, -0.2) is 9.78 Å². The fourth-order valence-corrected chi connectivity index (χ4v) is 1.41. The second kappa shape index (κ2) is 3.08. The SMILES string of the molecule is [2H]C([2H])([2H])n1cnc2c1c(=O)n(C([2H])([2H])C)c(=O)n2C. The zero-order valence-corrected chi connectivity index (χ0v) is 8.18.